The number of methoxy groups -OCH3 is 2. The van der Waals surface area contributed by atoms with E-state index in [0.29, 0.717) is 22.6 Å². The largest absolute Gasteiger partial charge is 0.497 e. The zero-order valence-electron chi connectivity index (χ0n) is 14.3. The molecular weight excluding hydrogens is 306 g/mol. The summed E-state index contributed by atoms with van der Waals surface area (Å²) in [5.41, 5.74) is -0.226. The van der Waals surface area contributed by atoms with Crippen LogP contribution < -0.4 is 14.8 Å². The van der Waals surface area contributed by atoms with Gasteiger partial charge in [0.1, 0.15) is 11.5 Å². The number of rotatable bonds is 6. The van der Waals surface area contributed by atoms with Crippen LogP contribution in [0.2, 0.25) is 0 Å². The Kier molecular flexibility index (Phi) is 5.24. The molecule has 2 aromatic carbocycles. The fraction of sp³-hybridized carbons (Fsp3) is 0.263. The molecule has 0 radical (unpaired) electrons. The van der Waals surface area contributed by atoms with Crippen molar-refractivity contribution in [2.24, 2.45) is 0 Å². The zero-order valence-corrected chi connectivity index (χ0v) is 14.3. The molecule has 0 atom stereocenters. The van der Waals surface area contributed by atoms with E-state index < -0.39 is 5.54 Å². The van der Waals surface area contributed by atoms with Crippen molar-refractivity contribution in [1.29, 1.82) is 0 Å². The van der Waals surface area contributed by atoms with Gasteiger partial charge < -0.3 is 14.8 Å². The average Bonchev–Trinajstić information content (AvgIpc) is 2.60. The van der Waals surface area contributed by atoms with E-state index in [1.54, 1.807) is 62.4 Å². The summed E-state index contributed by atoms with van der Waals surface area (Å²) < 4.78 is 10.3. The molecule has 0 bridgehead atoms. The van der Waals surface area contributed by atoms with E-state index >= 15 is 0 Å². The Balaban J connectivity index is 2.23. The summed E-state index contributed by atoms with van der Waals surface area (Å²) in [6.07, 6.45) is 0. The molecule has 24 heavy (non-hydrogen) atoms. The van der Waals surface area contributed by atoms with Crippen LogP contribution >= 0.6 is 0 Å². The number of Topliss-reactive ketones (excluding diaryl/α,β-unsaturated/α-hetero) is 1. The van der Waals surface area contributed by atoms with Gasteiger partial charge >= 0.3 is 0 Å². The predicted molar refractivity (Wildman–Crippen MR) is 91.9 cm³/mol. The lowest BCUT2D eigenvalue weighted by Gasteiger charge is -2.25. The Morgan fingerprint density at radius 1 is 0.958 bits per heavy atom. The van der Waals surface area contributed by atoms with E-state index in [1.165, 1.54) is 14.2 Å². The van der Waals surface area contributed by atoms with Crippen molar-refractivity contribution in [3.8, 4) is 11.5 Å². The molecule has 0 heterocycles. The normalized spacial score (nSPS) is 10.8. The lowest BCUT2D eigenvalue weighted by Crippen LogP contribution is -2.49. The second kappa shape index (κ2) is 7.17. The van der Waals surface area contributed by atoms with E-state index in [9.17, 15) is 9.59 Å². The van der Waals surface area contributed by atoms with Crippen LogP contribution in [0.5, 0.6) is 11.5 Å². The third kappa shape index (κ3) is 3.74. The number of nitrogens with one attached hydrogen (secondary N) is 1. The highest BCUT2D eigenvalue weighted by molar-refractivity contribution is 6.07. The summed E-state index contributed by atoms with van der Waals surface area (Å²) in [5, 5.41) is 2.77. The van der Waals surface area contributed by atoms with Gasteiger partial charge in [0.25, 0.3) is 5.91 Å². The summed E-state index contributed by atoms with van der Waals surface area (Å²) in [6.45, 7) is 3.34. The summed E-state index contributed by atoms with van der Waals surface area (Å²) >= 11 is 0. The molecule has 0 aliphatic rings. The van der Waals surface area contributed by atoms with Crippen molar-refractivity contribution >= 4 is 11.7 Å². The average molecular weight is 327 g/mol. The Labute approximate surface area is 141 Å². The van der Waals surface area contributed by atoms with Crippen molar-refractivity contribution in [1.82, 2.24) is 5.32 Å². The molecule has 2 rings (SSSR count). The minimum atomic E-state index is -1.08. The fourth-order valence-corrected chi connectivity index (χ4v) is 2.37. The number of para-hydroxylation sites is 1. The maximum Gasteiger partial charge on any atom is 0.255 e. The van der Waals surface area contributed by atoms with Gasteiger partial charge in [0.2, 0.25) is 0 Å². The van der Waals surface area contributed by atoms with E-state index in [1.807, 2.05) is 0 Å². The summed E-state index contributed by atoms with van der Waals surface area (Å²) in [5.74, 6) is 0.477. The quantitative estimate of drug-likeness (QED) is 0.828. The molecule has 0 saturated heterocycles. The monoisotopic (exact) mass is 327 g/mol. The van der Waals surface area contributed by atoms with Crippen LogP contribution in [0.1, 0.15) is 34.6 Å². The zero-order chi connectivity index (χ0) is 17.7. The molecule has 0 spiro atoms. The number of ketones is 1. The minimum Gasteiger partial charge on any atom is -0.497 e. The number of carbonyl (C=O) groups excluding carboxylic acids is 2. The summed E-state index contributed by atoms with van der Waals surface area (Å²) in [7, 11) is 3.04. The van der Waals surface area contributed by atoms with Gasteiger partial charge in [-0.25, -0.2) is 0 Å². The van der Waals surface area contributed by atoms with E-state index in [4.69, 9.17) is 9.47 Å². The second-order valence-electron chi connectivity index (χ2n) is 5.84. The first-order chi connectivity index (χ1) is 11.4. The Morgan fingerprint density at radius 2 is 1.67 bits per heavy atom. The third-order valence-corrected chi connectivity index (χ3v) is 3.68. The van der Waals surface area contributed by atoms with Crippen LogP contribution in [0.15, 0.2) is 48.5 Å². The summed E-state index contributed by atoms with van der Waals surface area (Å²) in [4.78, 5) is 25.3. The van der Waals surface area contributed by atoms with Crippen LogP contribution in [0.4, 0.5) is 0 Å². The minimum absolute atomic E-state index is 0.204. The van der Waals surface area contributed by atoms with Gasteiger partial charge in [0, 0.05) is 5.56 Å². The number of hydrogen-bond donors (Lipinski definition) is 1. The molecule has 1 N–H and O–H groups in total. The standard InChI is InChI=1S/C19H21NO4/c1-19(2,17(21)13-8-7-9-14(12-13)23-3)20-18(22)15-10-5-6-11-16(15)24-4/h5-12H,1-4H3,(H,20,22). The van der Waals surface area contributed by atoms with Crippen molar-refractivity contribution < 1.29 is 19.1 Å². The third-order valence-electron chi connectivity index (χ3n) is 3.68. The van der Waals surface area contributed by atoms with Crippen LogP contribution in [0, 0.1) is 0 Å². The molecular formula is C19H21NO4. The van der Waals surface area contributed by atoms with Gasteiger partial charge in [0.15, 0.2) is 5.78 Å². The number of hydrogen-bond acceptors (Lipinski definition) is 4. The molecule has 0 unspecified atom stereocenters. The molecule has 0 fully saturated rings. The lowest BCUT2D eigenvalue weighted by atomic mass is 9.92. The Bertz CT molecular complexity index is 753. The fourth-order valence-electron chi connectivity index (χ4n) is 2.37. The first-order valence-corrected chi connectivity index (χ1v) is 7.53. The van der Waals surface area contributed by atoms with Crippen LogP contribution in [0.25, 0.3) is 0 Å². The van der Waals surface area contributed by atoms with E-state index in [0.717, 1.165) is 0 Å². The van der Waals surface area contributed by atoms with Crippen LogP contribution in [-0.4, -0.2) is 31.4 Å². The number of ether oxygens (including phenoxy) is 2. The van der Waals surface area contributed by atoms with Crippen molar-refractivity contribution in [2.45, 2.75) is 19.4 Å². The topological polar surface area (TPSA) is 64.6 Å². The lowest BCUT2D eigenvalue weighted by molar-refractivity contribution is 0.0796. The van der Waals surface area contributed by atoms with Crippen LogP contribution in [0.3, 0.4) is 0 Å². The maximum atomic E-state index is 12.8. The second-order valence-corrected chi connectivity index (χ2v) is 5.84. The molecule has 0 aliphatic heterocycles. The maximum absolute atomic E-state index is 12.8. The molecule has 1 amide bonds. The first-order valence-electron chi connectivity index (χ1n) is 7.53. The molecule has 0 aliphatic carbocycles. The van der Waals surface area contributed by atoms with Crippen LogP contribution in [-0.2, 0) is 0 Å². The Morgan fingerprint density at radius 3 is 2.33 bits per heavy atom. The van der Waals surface area contributed by atoms with Gasteiger partial charge in [-0.15, -0.1) is 0 Å². The highest BCUT2D eigenvalue weighted by Gasteiger charge is 2.31. The van der Waals surface area contributed by atoms with Crippen molar-refractivity contribution in [3.63, 3.8) is 0 Å². The first kappa shape index (κ1) is 17.5. The highest BCUT2D eigenvalue weighted by atomic mass is 16.5. The van der Waals surface area contributed by atoms with Crippen molar-refractivity contribution in [3.05, 3.63) is 59.7 Å². The number of carbonyl (C=O) groups is 2. The molecule has 0 saturated carbocycles. The SMILES string of the molecule is COc1cccc(C(=O)C(C)(C)NC(=O)c2ccccc2OC)c1. The number of amides is 1. The van der Waals surface area contributed by atoms with E-state index in [-0.39, 0.29) is 11.7 Å². The van der Waals surface area contributed by atoms with Gasteiger partial charge in [-0.3, -0.25) is 9.59 Å². The van der Waals surface area contributed by atoms with Crippen molar-refractivity contribution in [2.75, 3.05) is 14.2 Å². The molecule has 2 aromatic rings. The molecule has 5 heteroatoms. The number of benzene rings is 2. The Hall–Kier alpha value is -2.82. The molecule has 5 nitrogen and oxygen atoms in total. The smallest absolute Gasteiger partial charge is 0.255 e. The summed E-state index contributed by atoms with van der Waals surface area (Å²) in [6, 6.07) is 13.7. The van der Waals surface area contributed by atoms with Gasteiger partial charge in [-0.1, -0.05) is 24.3 Å². The van der Waals surface area contributed by atoms with E-state index in [2.05, 4.69) is 5.32 Å². The van der Waals surface area contributed by atoms with Gasteiger partial charge in [-0.05, 0) is 38.1 Å². The van der Waals surface area contributed by atoms with Gasteiger partial charge in [0.05, 0.1) is 25.3 Å². The highest BCUT2D eigenvalue weighted by Crippen LogP contribution is 2.21. The molecule has 126 valence electrons. The predicted octanol–water partition coefficient (Wildman–Crippen LogP) is 3.10. The molecule has 0 aromatic heterocycles. The van der Waals surface area contributed by atoms with Gasteiger partial charge in [-0.2, -0.15) is 0 Å².